The van der Waals surface area contributed by atoms with Crippen LogP contribution in [0.25, 0.3) is 0 Å². The normalized spacial score (nSPS) is 9.71. The Labute approximate surface area is 87.8 Å². The fourth-order valence-corrected chi connectivity index (χ4v) is 1.13. The van der Waals surface area contributed by atoms with Crippen molar-refractivity contribution in [2.75, 3.05) is 6.61 Å². The third-order valence-electron chi connectivity index (χ3n) is 1.38. The van der Waals surface area contributed by atoms with Crippen molar-refractivity contribution in [2.45, 2.75) is 6.73 Å². The lowest BCUT2D eigenvalue weighted by molar-refractivity contribution is 0.100. The smallest absolute Gasteiger partial charge is 0.330 e. The first-order chi connectivity index (χ1) is 6.65. The molecule has 0 aliphatic carbocycles. The van der Waals surface area contributed by atoms with Crippen LogP contribution in [0.4, 0.5) is 0 Å². The van der Waals surface area contributed by atoms with Gasteiger partial charge in [-0.15, -0.1) is 6.42 Å². The van der Waals surface area contributed by atoms with Crippen LogP contribution in [0.5, 0.6) is 0 Å². The Bertz CT molecular complexity index is 469. The summed E-state index contributed by atoms with van der Waals surface area (Å²) in [7, 11) is 0. The largest absolute Gasteiger partial charge is 0.348 e. The zero-order chi connectivity index (χ0) is 10.6. The molecule has 1 rings (SSSR count). The fraction of sp³-hybridized carbons (Fsp3) is 0.250. The molecule has 1 heterocycles. The highest BCUT2D eigenvalue weighted by molar-refractivity contribution is 9.10. The van der Waals surface area contributed by atoms with E-state index in [-0.39, 0.29) is 17.8 Å². The van der Waals surface area contributed by atoms with Gasteiger partial charge in [-0.1, -0.05) is 5.92 Å². The van der Waals surface area contributed by atoms with Gasteiger partial charge in [-0.05, 0) is 15.9 Å². The van der Waals surface area contributed by atoms with Gasteiger partial charge in [-0.3, -0.25) is 14.3 Å². The monoisotopic (exact) mass is 258 g/mol. The van der Waals surface area contributed by atoms with Gasteiger partial charge in [-0.25, -0.2) is 4.79 Å². The van der Waals surface area contributed by atoms with Gasteiger partial charge in [-0.2, -0.15) is 0 Å². The maximum atomic E-state index is 11.1. The molecule has 6 heteroatoms. The van der Waals surface area contributed by atoms with E-state index in [9.17, 15) is 9.59 Å². The third-order valence-corrected chi connectivity index (χ3v) is 1.95. The number of aromatic nitrogens is 2. The summed E-state index contributed by atoms with van der Waals surface area (Å²) in [5.41, 5.74) is -1.00. The molecule has 1 aromatic rings. The second-order valence-corrected chi connectivity index (χ2v) is 3.24. The second-order valence-electron chi connectivity index (χ2n) is 2.39. The number of hydrogen-bond donors (Lipinski definition) is 1. The number of terminal acetylenes is 1. The van der Waals surface area contributed by atoms with Crippen LogP contribution in [0.15, 0.2) is 20.3 Å². The molecule has 1 N–H and O–H groups in total. The molecule has 0 aliphatic rings. The van der Waals surface area contributed by atoms with E-state index in [1.807, 2.05) is 0 Å². The van der Waals surface area contributed by atoms with Crippen molar-refractivity contribution in [3.05, 3.63) is 31.5 Å². The quantitative estimate of drug-likeness (QED) is 0.609. The van der Waals surface area contributed by atoms with E-state index in [1.54, 1.807) is 0 Å². The maximum absolute atomic E-state index is 11.1. The zero-order valence-electron chi connectivity index (χ0n) is 7.12. The van der Waals surface area contributed by atoms with E-state index in [1.165, 1.54) is 10.8 Å². The van der Waals surface area contributed by atoms with Crippen molar-refractivity contribution >= 4 is 15.9 Å². The minimum atomic E-state index is -0.532. The van der Waals surface area contributed by atoms with Crippen molar-refractivity contribution in [3.63, 3.8) is 0 Å². The van der Waals surface area contributed by atoms with E-state index in [0.717, 1.165) is 0 Å². The first kappa shape index (κ1) is 10.8. The molecule has 0 radical (unpaired) electrons. The number of halogens is 1. The molecule has 0 amide bonds. The van der Waals surface area contributed by atoms with Gasteiger partial charge in [0, 0.05) is 6.20 Å². The van der Waals surface area contributed by atoms with Crippen LogP contribution in [0, 0.1) is 12.3 Å². The summed E-state index contributed by atoms with van der Waals surface area (Å²) in [6.07, 6.45) is 6.30. The Hall–Kier alpha value is -1.32. The molecular formula is C8H7BrN2O3. The van der Waals surface area contributed by atoms with Crippen LogP contribution in [-0.2, 0) is 11.5 Å². The highest BCUT2D eigenvalue weighted by Gasteiger charge is 2.00. The molecule has 14 heavy (non-hydrogen) atoms. The summed E-state index contributed by atoms with van der Waals surface area (Å²) >= 11 is 2.99. The summed E-state index contributed by atoms with van der Waals surface area (Å²) in [4.78, 5) is 24.2. The Kier molecular flexibility index (Phi) is 3.68. The van der Waals surface area contributed by atoms with Crippen molar-refractivity contribution in [2.24, 2.45) is 0 Å². The molecule has 5 nitrogen and oxygen atoms in total. The molecule has 0 saturated heterocycles. The van der Waals surface area contributed by atoms with Gasteiger partial charge in [0.2, 0.25) is 0 Å². The molecule has 1 aromatic heterocycles. The predicted molar refractivity (Wildman–Crippen MR) is 53.8 cm³/mol. The minimum absolute atomic E-state index is 0.0123. The Morgan fingerprint density at radius 1 is 1.64 bits per heavy atom. The molecule has 0 spiro atoms. The summed E-state index contributed by atoms with van der Waals surface area (Å²) in [6.45, 7) is 0.127. The number of aromatic amines is 1. The highest BCUT2D eigenvalue weighted by Crippen LogP contribution is 1.97. The number of H-pyrrole nitrogens is 1. The van der Waals surface area contributed by atoms with Crippen molar-refractivity contribution in [1.29, 1.82) is 0 Å². The van der Waals surface area contributed by atoms with Gasteiger partial charge in [0.1, 0.15) is 13.3 Å². The van der Waals surface area contributed by atoms with E-state index >= 15 is 0 Å². The molecule has 0 saturated carbocycles. The number of ether oxygens (including phenoxy) is 1. The van der Waals surface area contributed by atoms with Crippen LogP contribution in [-0.4, -0.2) is 16.2 Å². The van der Waals surface area contributed by atoms with Crippen LogP contribution < -0.4 is 11.2 Å². The maximum Gasteiger partial charge on any atom is 0.330 e. The van der Waals surface area contributed by atoms with Gasteiger partial charge in [0.15, 0.2) is 0 Å². The lowest BCUT2D eigenvalue weighted by atomic mass is 10.6. The summed E-state index contributed by atoms with van der Waals surface area (Å²) in [5, 5.41) is 0. The van der Waals surface area contributed by atoms with Gasteiger partial charge in [0.05, 0.1) is 4.47 Å². The Balaban J connectivity index is 2.89. The first-order valence-electron chi connectivity index (χ1n) is 3.65. The van der Waals surface area contributed by atoms with E-state index in [4.69, 9.17) is 11.2 Å². The molecule has 0 fully saturated rings. The van der Waals surface area contributed by atoms with Crippen molar-refractivity contribution < 1.29 is 4.74 Å². The molecule has 0 aliphatic heterocycles. The highest BCUT2D eigenvalue weighted by atomic mass is 79.9. The van der Waals surface area contributed by atoms with E-state index < -0.39 is 11.2 Å². The summed E-state index contributed by atoms with van der Waals surface area (Å²) in [6, 6.07) is 0. The summed E-state index contributed by atoms with van der Waals surface area (Å²) < 4.78 is 6.39. The lowest BCUT2D eigenvalue weighted by Crippen LogP contribution is -2.30. The van der Waals surface area contributed by atoms with Gasteiger partial charge >= 0.3 is 5.69 Å². The molecule has 0 unspecified atom stereocenters. The van der Waals surface area contributed by atoms with Crippen LogP contribution in [0.1, 0.15) is 0 Å². The standard InChI is InChI=1S/C8H7BrN2O3/c1-2-3-14-5-11-4-6(9)7(12)10-8(11)13/h1,4H,3,5H2,(H,10,12,13). The number of nitrogens with zero attached hydrogens (tertiary/aromatic N) is 1. The molecular weight excluding hydrogens is 252 g/mol. The Morgan fingerprint density at radius 3 is 3.00 bits per heavy atom. The molecule has 0 aromatic carbocycles. The lowest BCUT2D eigenvalue weighted by Gasteiger charge is -2.03. The zero-order valence-corrected chi connectivity index (χ0v) is 8.70. The van der Waals surface area contributed by atoms with Crippen LogP contribution in [0.2, 0.25) is 0 Å². The summed E-state index contributed by atoms with van der Waals surface area (Å²) in [5.74, 6) is 2.26. The van der Waals surface area contributed by atoms with Crippen LogP contribution >= 0.6 is 15.9 Å². The van der Waals surface area contributed by atoms with Crippen molar-refractivity contribution in [1.82, 2.24) is 9.55 Å². The predicted octanol–water partition coefficient (Wildman–Crippen LogP) is -0.0936. The third kappa shape index (κ3) is 2.58. The average molecular weight is 259 g/mol. The number of hydrogen-bond acceptors (Lipinski definition) is 3. The van der Waals surface area contributed by atoms with E-state index in [2.05, 4.69) is 26.8 Å². The van der Waals surface area contributed by atoms with Gasteiger partial charge < -0.3 is 4.74 Å². The Morgan fingerprint density at radius 2 is 2.36 bits per heavy atom. The molecule has 74 valence electrons. The number of nitrogens with one attached hydrogen (secondary N) is 1. The van der Waals surface area contributed by atoms with Crippen LogP contribution in [0.3, 0.4) is 0 Å². The molecule has 0 bridgehead atoms. The van der Waals surface area contributed by atoms with Gasteiger partial charge in [0.25, 0.3) is 5.56 Å². The minimum Gasteiger partial charge on any atom is -0.348 e. The topological polar surface area (TPSA) is 64.1 Å². The SMILES string of the molecule is C#CCOCn1cc(Br)c(=O)[nH]c1=O. The number of rotatable bonds is 3. The second kappa shape index (κ2) is 4.79. The average Bonchev–Trinajstić information content (AvgIpc) is 2.14. The first-order valence-corrected chi connectivity index (χ1v) is 4.45. The molecule has 0 atom stereocenters. The fourth-order valence-electron chi connectivity index (χ4n) is 0.782. The van der Waals surface area contributed by atoms with E-state index in [0.29, 0.717) is 0 Å². The van der Waals surface area contributed by atoms with Crippen molar-refractivity contribution in [3.8, 4) is 12.3 Å².